The zero-order chi connectivity index (χ0) is 14.7. The molecule has 0 bridgehead atoms. The Bertz CT molecular complexity index is 310. The van der Waals surface area contributed by atoms with E-state index >= 15 is 0 Å². The smallest absolute Gasteiger partial charge is 0.00926 e. The number of nitrogens with one attached hydrogen (secondary N) is 1. The highest BCUT2D eigenvalue weighted by Gasteiger charge is 2.37. The van der Waals surface area contributed by atoms with Gasteiger partial charge in [0.25, 0.3) is 0 Å². The molecule has 0 spiro atoms. The summed E-state index contributed by atoms with van der Waals surface area (Å²) in [7, 11) is 2.41. The van der Waals surface area contributed by atoms with Gasteiger partial charge < -0.3 is 10.2 Å². The molecule has 2 nitrogen and oxygen atoms in total. The summed E-state index contributed by atoms with van der Waals surface area (Å²) in [5.74, 6) is 1.02. The number of hydrogen-bond acceptors (Lipinski definition) is 2. The molecule has 3 aliphatic carbocycles. The van der Waals surface area contributed by atoms with Crippen LogP contribution < -0.4 is 5.32 Å². The summed E-state index contributed by atoms with van der Waals surface area (Å²) in [5, 5.41) is 3.84. The third kappa shape index (κ3) is 4.22. The minimum absolute atomic E-state index is 0.596. The van der Waals surface area contributed by atoms with Gasteiger partial charge in [-0.1, -0.05) is 26.2 Å². The van der Waals surface area contributed by atoms with Crippen molar-refractivity contribution in [2.45, 2.75) is 89.6 Å². The highest BCUT2D eigenvalue weighted by atomic mass is 15.1. The van der Waals surface area contributed by atoms with Gasteiger partial charge in [-0.05, 0) is 69.7 Å². The van der Waals surface area contributed by atoms with Gasteiger partial charge in [-0.15, -0.1) is 0 Å². The van der Waals surface area contributed by atoms with E-state index in [0.29, 0.717) is 5.41 Å². The molecule has 0 amide bonds. The van der Waals surface area contributed by atoms with Crippen molar-refractivity contribution >= 4 is 0 Å². The lowest BCUT2D eigenvalue weighted by atomic mass is 9.81. The van der Waals surface area contributed by atoms with Gasteiger partial charge in [0.05, 0.1) is 0 Å². The molecule has 3 saturated carbocycles. The molecular weight excluding hydrogens is 256 g/mol. The predicted molar refractivity (Wildman–Crippen MR) is 90.6 cm³/mol. The maximum atomic E-state index is 3.84. The first kappa shape index (κ1) is 15.8. The van der Waals surface area contributed by atoms with Crippen molar-refractivity contribution in [2.24, 2.45) is 11.3 Å². The van der Waals surface area contributed by atoms with Crippen LogP contribution >= 0.6 is 0 Å². The summed E-state index contributed by atoms with van der Waals surface area (Å²) in [4.78, 5) is 2.74. The standard InChI is InChI=1S/C19H36N2/c1-3-16-6-10-18(11-7-16)21(2)15-19(12-4-5-13-19)14-20-17-8-9-17/h16-18,20H,3-15H2,1-2H3. The Labute approximate surface area is 132 Å². The van der Waals surface area contributed by atoms with Gasteiger partial charge in [-0.3, -0.25) is 0 Å². The van der Waals surface area contributed by atoms with Gasteiger partial charge in [0, 0.05) is 25.2 Å². The fourth-order valence-electron chi connectivity index (χ4n) is 4.82. The molecule has 0 unspecified atom stereocenters. The molecular formula is C19H36N2. The van der Waals surface area contributed by atoms with Gasteiger partial charge in [0.15, 0.2) is 0 Å². The molecule has 0 aliphatic heterocycles. The quantitative estimate of drug-likeness (QED) is 0.756. The molecule has 1 N–H and O–H groups in total. The third-order valence-corrected chi connectivity index (χ3v) is 6.61. The van der Waals surface area contributed by atoms with E-state index in [9.17, 15) is 0 Å². The van der Waals surface area contributed by atoms with E-state index < -0.39 is 0 Å². The van der Waals surface area contributed by atoms with Crippen LogP contribution in [-0.4, -0.2) is 37.1 Å². The number of nitrogens with zero attached hydrogens (tertiary/aromatic N) is 1. The van der Waals surface area contributed by atoms with E-state index in [0.717, 1.165) is 18.0 Å². The Hall–Kier alpha value is -0.0800. The predicted octanol–water partition coefficient (Wildman–Crippen LogP) is 4.20. The Morgan fingerprint density at radius 1 is 1.00 bits per heavy atom. The van der Waals surface area contributed by atoms with Crippen LogP contribution in [0.3, 0.4) is 0 Å². The normalized spacial score (nSPS) is 32.7. The maximum Gasteiger partial charge on any atom is 0.00926 e. The fourth-order valence-corrected chi connectivity index (χ4v) is 4.82. The summed E-state index contributed by atoms with van der Waals surface area (Å²) >= 11 is 0. The second kappa shape index (κ2) is 7.00. The second-order valence-electron chi connectivity index (χ2n) is 8.36. The monoisotopic (exact) mass is 292 g/mol. The third-order valence-electron chi connectivity index (χ3n) is 6.61. The summed E-state index contributed by atoms with van der Waals surface area (Å²) in [5.41, 5.74) is 0.596. The minimum Gasteiger partial charge on any atom is -0.313 e. The lowest BCUT2D eigenvalue weighted by Crippen LogP contribution is -2.46. The summed E-state index contributed by atoms with van der Waals surface area (Å²) < 4.78 is 0. The van der Waals surface area contributed by atoms with E-state index in [4.69, 9.17) is 0 Å². The molecule has 3 rings (SSSR count). The van der Waals surface area contributed by atoms with E-state index in [1.807, 2.05) is 0 Å². The van der Waals surface area contributed by atoms with E-state index in [1.165, 1.54) is 83.7 Å². The SMILES string of the molecule is CCC1CCC(N(C)CC2(CNC3CC3)CCCC2)CC1. The first-order valence-corrected chi connectivity index (χ1v) is 9.64. The molecule has 21 heavy (non-hydrogen) atoms. The van der Waals surface area contributed by atoms with Gasteiger partial charge in [0.1, 0.15) is 0 Å². The van der Waals surface area contributed by atoms with Gasteiger partial charge in [-0.2, -0.15) is 0 Å². The molecule has 0 saturated heterocycles. The molecule has 122 valence electrons. The van der Waals surface area contributed by atoms with Crippen molar-refractivity contribution in [3.63, 3.8) is 0 Å². The van der Waals surface area contributed by atoms with Crippen LogP contribution in [0.4, 0.5) is 0 Å². The molecule has 0 aromatic rings. The average Bonchev–Trinajstić information content (AvgIpc) is 3.25. The zero-order valence-corrected chi connectivity index (χ0v) is 14.4. The van der Waals surface area contributed by atoms with Crippen LogP contribution in [0, 0.1) is 11.3 Å². The Kier molecular flexibility index (Phi) is 5.27. The van der Waals surface area contributed by atoms with Crippen LogP contribution in [-0.2, 0) is 0 Å². The largest absolute Gasteiger partial charge is 0.313 e. The highest BCUT2D eigenvalue weighted by Crippen LogP contribution is 2.40. The van der Waals surface area contributed by atoms with Crippen LogP contribution in [0.1, 0.15) is 77.6 Å². The van der Waals surface area contributed by atoms with Crippen molar-refractivity contribution in [1.29, 1.82) is 0 Å². The average molecular weight is 293 g/mol. The molecule has 0 atom stereocenters. The van der Waals surface area contributed by atoms with Crippen molar-refractivity contribution in [3.8, 4) is 0 Å². The molecule has 0 aromatic carbocycles. The molecule has 3 aliphatic rings. The van der Waals surface area contributed by atoms with Crippen molar-refractivity contribution in [1.82, 2.24) is 10.2 Å². The van der Waals surface area contributed by atoms with Crippen LogP contribution in [0.2, 0.25) is 0 Å². The van der Waals surface area contributed by atoms with Gasteiger partial charge in [-0.25, -0.2) is 0 Å². The van der Waals surface area contributed by atoms with Gasteiger partial charge >= 0.3 is 0 Å². The molecule has 0 radical (unpaired) electrons. The van der Waals surface area contributed by atoms with Crippen molar-refractivity contribution in [2.75, 3.05) is 20.1 Å². The van der Waals surface area contributed by atoms with Crippen LogP contribution in [0.15, 0.2) is 0 Å². The topological polar surface area (TPSA) is 15.3 Å². The second-order valence-corrected chi connectivity index (χ2v) is 8.36. The summed E-state index contributed by atoms with van der Waals surface area (Å²) in [6, 6.07) is 1.74. The zero-order valence-electron chi connectivity index (χ0n) is 14.4. The Morgan fingerprint density at radius 2 is 1.67 bits per heavy atom. The Morgan fingerprint density at radius 3 is 2.24 bits per heavy atom. The van der Waals surface area contributed by atoms with Crippen molar-refractivity contribution in [3.05, 3.63) is 0 Å². The lowest BCUT2D eigenvalue weighted by molar-refractivity contribution is 0.101. The first-order valence-electron chi connectivity index (χ1n) is 9.64. The van der Waals surface area contributed by atoms with E-state index in [-0.39, 0.29) is 0 Å². The highest BCUT2D eigenvalue weighted by molar-refractivity contribution is 4.93. The molecule has 3 fully saturated rings. The fraction of sp³-hybridized carbons (Fsp3) is 1.00. The molecule has 2 heteroatoms. The minimum atomic E-state index is 0.596. The first-order chi connectivity index (χ1) is 10.2. The van der Waals surface area contributed by atoms with Gasteiger partial charge in [0.2, 0.25) is 0 Å². The lowest BCUT2D eigenvalue weighted by Gasteiger charge is -2.40. The summed E-state index contributed by atoms with van der Waals surface area (Å²) in [6.45, 7) is 4.99. The molecule has 0 heterocycles. The molecule has 0 aromatic heterocycles. The number of hydrogen-bond donors (Lipinski definition) is 1. The van der Waals surface area contributed by atoms with E-state index in [2.05, 4.69) is 24.2 Å². The Balaban J connectivity index is 1.50. The number of rotatable bonds is 7. The van der Waals surface area contributed by atoms with Crippen LogP contribution in [0.25, 0.3) is 0 Å². The van der Waals surface area contributed by atoms with Crippen LogP contribution in [0.5, 0.6) is 0 Å². The van der Waals surface area contributed by atoms with Crippen molar-refractivity contribution < 1.29 is 0 Å². The maximum absolute atomic E-state index is 3.84. The van der Waals surface area contributed by atoms with E-state index in [1.54, 1.807) is 0 Å². The summed E-state index contributed by atoms with van der Waals surface area (Å²) in [6.07, 6.45) is 15.9.